The van der Waals surface area contributed by atoms with E-state index < -0.39 is 11.9 Å². The van der Waals surface area contributed by atoms with Crippen molar-refractivity contribution in [3.63, 3.8) is 0 Å². The van der Waals surface area contributed by atoms with Crippen molar-refractivity contribution in [2.75, 3.05) is 19.5 Å². The van der Waals surface area contributed by atoms with Gasteiger partial charge in [-0.15, -0.1) is 0 Å². The van der Waals surface area contributed by atoms with Gasteiger partial charge in [-0.05, 0) is 48.5 Å². The molecule has 2 aromatic carbocycles. The van der Waals surface area contributed by atoms with Gasteiger partial charge in [0, 0.05) is 15.5 Å². The molecule has 0 aliphatic rings. The van der Waals surface area contributed by atoms with Gasteiger partial charge in [0.2, 0.25) is 0 Å². The quantitative estimate of drug-likeness (QED) is 0.626. The van der Waals surface area contributed by atoms with Gasteiger partial charge in [-0.2, -0.15) is 0 Å². The number of hydrogen-bond donors (Lipinski definition) is 1. The van der Waals surface area contributed by atoms with Crippen molar-refractivity contribution in [3.8, 4) is 0 Å². The lowest BCUT2D eigenvalue weighted by molar-refractivity contribution is -0.138. The highest BCUT2D eigenvalue weighted by Gasteiger charge is 2.12. The molecule has 0 radical (unpaired) electrons. The Balaban J connectivity index is 2.09. The van der Waals surface area contributed by atoms with E-state index in [1.807, 2.05) is 12.1 Å². The topological polar surface area (TPSA) is 64.6 Å². The molecule has 0 saturated carbocycles. The lowest BCUT2D eigenvalue weighted by atomic mass is 10.3. The molecule has 0 unspecified atom stereocenters. The van der Waals surface area contributed by atoms with E-state index in [0.717, 1.165) is 15.9 Å². The summed E-state index contributed by atoms with van der Waals surface area (Å²) in [6, 6.07) is 13.4. The van der Waals surface area contributed by atoms with Gasteiger partial charge in [0.15, 0.2) is 0 Å². The van der Waals surface area contributed by atoms with E-state index in [0.29, 0.717) is 5.69 Å². The van der Waals surface area contributed by atoms with E-state index in [1.165, 1.54) is 38.1 Å². The average Bonchev–Trinajstić information content (AvgIpc) is 2.63. The molecule has 0 atom stereocenters. The maximum atomic E-state index is 12.9. The fourth-order valence-corrected chi connectivity index (χ4v) is 2.65. The van der Waals surface area contributed by atoms with E-state index in [2.05, 4.69) is 14.8 Å². The predicted molar refractivity (Wildman–Crippen MR) is 92.7 cm³/mol. The zero-order chi connectivity index (χ0) is 18.2. The SMILES string of the molecule is COC(=O)/C=C(/Nc1ccc(Sc2ccc(F)cc2)cc1)C(=O)OC. The van der Waals surface area contributed by atoms with Crippen LogP contribution in [0.15, 0.2) is 70.1 Å². The van der Waals surface area contributed by atoms with E-state index >= 15 is 0 Å². The van der Waals surface area contributed by atoms with Crippen LogP contribution in [0.4, 0.5) is 10.1 Å². The van der Waals surface area contributed by atoms with Crippen molar-refractivity contribution >= 4 is 29.4 Å². The molecule has 5 nitrogen and oxygen atoms in total. The van der Waals surface area contributed by atoms with Crippen LogP contribution in [0, 0.1) is 5.82 Å². The molecule has 1 N–H and O–H groups in total. The highest BCUT2D eigenvalue weighted by atomic mass is 32.2. The van der Waals surface area contributed by atoms with Gasteiger partial charge in [-0.1, -0.05) is 11.8 Å². The van der Waals surface area contributed by atoms with Gasteiger partial charge in [0.05, 0.1) is 20.3 Å². The number of carbonyl (C=O) groups is 2. The van der Waals surface area contributed by atoms with E-state index in [1.54, 1.807) is 24.3 Å². The molecular formula is C18H16FNO4S. The number of carbonyl (C=O) groups excluding carboxylic acids is 2. The number of ether oxygens (including phenoxy) is 2. The minimum Gasteiger partial charge on any atom is -0.466 e. The summed E-state index contributed by atoms with van der Waals surface area (Å²) in [6.07, 6.45) is 1.02. The Morgan fingerprint density at radius 2 is 1.52 bits per heavy atom. The lowest BCUT2D eigenvalue weighted by Crippen LogP contribution is -2.15. The second-order valence-electron chi connectivity index (χ2n) is 4.78. The molecule has 25 heavy (non-hydrogen) atoms. The molecule has 0 fully saturated rings. The standard InChI is InChI=1S/C18H16FNO4S/c1-23-17(21)11-16(18(22)24-2)20-13-5-9-15(10-6-13)25-14-7-3-12(19)4-8-14/h3-11,20H,1-2H3/b16-11+. The van der Waals surface area contributed by atoms with Crippen molar-refractivity contribution in [2.45, 2.75) is 9.79 Å². The number of halogens is 1. The Morgan fingerprint density at radius 1 is 0.960 bits per heavy atom. The van der Waals surface area contributed by atoms with Gasteiger partial charge in [-0.3, -0.25) is 0 Å². The van der Waals surface area contributed by atoms with Gasteiger partial charge >= 0.3 is 11.9 Å². The van der Waals surface area contributed by atoms with Gasteiger partial charge in [0.25, 0.3) is 0 Å². The Morgan fingerprint density at radius 3 is 2.04 bits per heavy atom. The van der Waals surface area contributed by atoms with Crippen molar-refractivity contribution in [1.82, 2.24) is 0 Å². The van der Waals surface area contributed by atoms with Crippen molar-refractivity contribution in [1.29, 1.82) is 0 Å². The number of anilines is 1. The summed E-state index contributed by atoms with van der Waals surface area (Å²) in [5.41, 5.74) is 0.567. The van der Waals surface area contributed by atoms with Crippen LogP contribution < -0.4 is 5.32 Å². The summed E-state index contributed by atoms with van der Waals surface area (Å²) in [5.74, 6) is -1.64. The second-order valence-corrected chi connectivity index (χ2v) is 5.93. The highest BCUT2D eigenvalue weighted by Crippen LogP contribution is 2.28. The first-order valence-corrected chi connectivity index (χ1v) is 8.02. The molecule has 2 aromatic rings. The maximum absolute atomic E-state index is 12.9. The summed E-state index contributed by atoms with van der Waals surface area (Å²) >= 11 is 1.47. The Hall–Kier alpha value is -2.80. The number of rotatable bonds is 6. The minimum absolute atomic E-state index is 0.0340. The molecule has 7 heteroatoms. The van der Waals surface area contributed by atoms with E-state index in [4.69, 9.17) is 0 Å². The normalized spacial score (nSPS) is 10.9. The predicted octanol–water partition coefficient (Wildman–Crippen LogP) is 3.62. The number of hydrogen-bond acceptors (Lipinski definition) is 6. The third-order valence-electron chi connectivity index (χ3n) is 3.05. The van der Waals surface area contributed by atoms with Gasteiger partial charge in [-0.25, -0.2) is 14.0 Å². The third kappa shape index (κ3) is 5.65. The molecule has 0 aliphatic heterocycles. The van der Waals surface area contributed by atoms with Crippen LogP contribution >= 0.6 is 11.8 Å². The smallest absolute Gasteiger partial charge is 0.354 e. The van der Waals surface area contributed by atoms with Crippen LogP contribution in [-0.4, -0.2) is 26.2 Å². The summed E-state index contributed by atoms with van der Waals surface area (Å²) in [4.78, 5) is 24.9. The summed E-state index contributed by atoms with van der Waals surface area (Å²) in [7, 11) is 2.44. The zero-order valence-electron chi connectivity index (χ0n) is 13.6. The first-order valence-electron chi connectivity index (χ1n) is 7.20. The molecule has 0 aromatic heterocycles. The molecule has 130 valence electrons. The fraction of sp³-hybridized carbons (Fsp3) is 0.111. The van der Waals surface area contributed by atoms with Crippen LogP contribution in [0.25, 0.3) is 0 Å². The van der Waals surface area contributed by atoms with Crippen molar-refractivity contribution in [3.05, 3.63) is 66.1 Å². The largest absolute Gasteiger partial charge is 0.466 e. The van der Waals surface area contributed by atoms with Gasteiger partial charge in [0.1, 0.15) is 11.5 Å². The number of nitrogens with one attached hydrogen (secondary N) is 1. The van der Waals surface area contributed by atoms with E-state index in [-0.39, 0.29) is 11.5 Å². The summed E-state index contributed by atoms with van der Waals surface area (Å²) in [6.45, 7) is 0. The van der Waals surface area contributed by atoms with Crippen LogP contribution in [-0.2, 0) is 19.1 Å². The summed E-state index contributed by atoms with van der Waals surface area (Å²) in [5, 5.41) is 2.82. The Bertz CT molecular complexity index is 773. The first kappa shape index (κ1) is 18.5. The van der Waals surface area contributed by atoms with Gasteiger partial charge < -0.3 is 14.8 Å². The Kier molecular flexibility index (Phi) is 6.59. The monoisotopic (exact) mass is 361 g/mol. The van der Waals surface area contributed by atoms with E-state index in [9.17, 15) is 14.0 Å². The van der Waals surface area contributed by atoms with Crippen LogP contribution in [0.3, 0.4) is 0 Å². The molecule has 0 spiro atoms. The van der Waals surface area contributed by atoms with Crippen molar-refractivity contribution < 1.29 is 23.5 Å². The lowest BCUT2D eigenvalue weighted by Gasteiger charge is -2.09. The number of esters is 2. The summed E-state index contributed by atoms with van der Waals surface area (Å²) < 4.78 is 22.1. The molecule has 0 aliphatic carbocycles. The highest BCUT2D eigenvalue weighted by molar-refractivity contribution is 7.99. The second kappa shape index (κ2) is 8.89. The third-order valence-corrected chi connectivity index (χ3v) is 4.07. The maximum Gasteiger partial charge on any atom is 0.354 e. The minimum atomic E-state index is -0.685. The molecule has 0 amide bonds. The van der Waals surface area contributed by atoms with Crippen LogP contribution in [0.2, 0.25) is 0 Å². The first-order chi connectivity index (χ1) is 12.0. The number of methoxy groups -OCH3 is 2. The van der Waals surface area contributed by atoms with Crippen molar-refractivity contribution in [2.24, 2.45) is 0 Å². The fourth-order valence-electron chi connectivity index (χ4n) is 1.83. The van der Waals surface area contributed by atoms with Crippen LogP contribution in [0.5, 0.6) is 0 Å². The average molecular weight is 361 g/mol. The number of benzene rings is 2. The molecular weight excluding hydrogens is 345 g/mol. The molecule has 2 rings (SSSR count). The Labute approximate surface area is 148 Å². The zero-order valence-corrected chi connectivity index (χ0v) is 14.4. The molecule has 0 saturated heterocycles. The van der Waals surface area contributed by atoms with Crippen LogP contribution in [0.1, 0.15) is 0 Å². The molecule has 0 heterocycles. The molecule has 0 bridgehead atoms.